The molecule has 1 nitrogen and oxygen atoms in total. The van der Waals surface area contributed by atoms with Crippen LogP contribution >= 0.6 is 31.9 Å². The zero-order valence-corrected chi connectivity index (χ0v) is 13.8. The molecule has 0 saturated heterocycles. The van der Waals surface area contributed by atoms with E-state index in [0.717, 1.165) is 12.1 Å². The van der Waals surface area contributed by atoms with Gasteiger partial charge in [-0.15, -0.1) is 0 Å². The van der Waals surface area contributed by atoms with Crippen LogP contribution in [0.4, 0.5) is 17.6 Å². The van der Waals surface area contributed by atoms with Gasteiger partial charge in [-0.1, -0.05) is 44.8 Å². The minimum Gasteiger partial charge on any atom is -0.396 e. The van der Waals surface area contributed by atoms with E-state index in [4.69, 9.17) is 0 Å². The molecule has 1 N–H and O–H groups in total. The van der Waals surface area contributed by atoms with Gasteiger partial charge in [0.1, 0.15) is 5.82 Å². The fourth-order valence-electron chi connectivity index (χ4n) is 1.99. The molecule has 0 aromatic heterocycles. The number of aliphatic hydroxyl groups is 1. The molecular weight excluding hydrogens is 408 g/mol. The molecule has 0 heterocycles. The van der Waals surface area contributed by atoms with Crippen LogP contribution in [0, 0.1) is 11.7 Å². The lowest BCUT2D eigenvalue weighted by Crippen LogP contribution is -2.18. The van der Waals surface area contributed by atoms with E-state index < -0.39 is 17.6 Å². The Kier molecular flexibility index (Phi) is 6.47. The third-order valence-corrected chi connectivity index (χ3v) is 3.88. The lowest BCUT2D eigenvalue weighted by atomic mass is 9.85. The van der Waals surface area contributed by atoms with Crippen LogP contribution in [-0.2, 0) is 6.18 Å². The second-order valence-electron chi connectivity index (χ2n) is 4.63. The molecular formula is C13H14Br2F4O. The summed E-state index contributed by atoms with van der Waals surface area (Å²) in [7, 11) is 0. The molecule has 0 amide bonds. The van der Waals surface area contributed by atoms with Crippen molar-refractivity contribution in [3.05, 3.63) is 35.1 Å². The molecule has 2 atom stereocenters. The van der Waals surface area contributed by atoms with Gasteiger partial charge in [0.15, 0.2) is 0 Å². The monoisotopic (exact) mass is 420 g/mol. The summed E-state index contributed by atoms with van der Waals surface area (Å²) >= 11 is 6.55. The molecule has 0 aliphatic rings. The smallest absolute Gasteiger partial charge is 0.396 e. The Bertz CT molecular complexity index is 448. The number of alkyl halides is 5. The van der Waals surface area contributed by atoms with Gasteiger partial charge in [0, 0.05) is 6.61 Å². The number of rotatable bonds is 5. The highest BCUT2D eigenvalue weighted by atomic mass is 79.9. The van der Waals surface area contributed by atoms with Gasteiger partial charge in [0.05, 0.1) is 9.30 Å². The van der Waals surface area contributed by atoms with Crippen LogP contribution in [0.25, 0.3) is 0 Å². The van der Waals surface area contributed by atoms with Crippen LogP contribution in [0.5, 0.6) is 0 Å². The molecule has 0 radical (unpaired) electrons. The average Bonchev–Trinajstić information content (AvgIpc) is 2.34. The lowest BCUT2D eigenvalue weighted by molar-refractivity contribution is -0.137. The number of halogens is 6. The largest absolute Gasteiger partial charge is 0.416 e. The molecule has 114 valence electrons. The Morgan fingerprint density at radius 2 is 1.85 bits per heavy atom. The molecule has 0 spiro atoms. The van der Waals surface area contributed by atoms with Gasteiger partial charge in [0.25, 0.3) is 0 Å². The zero-order valence-electron chi connectivity index (χ0n) is 10.6. The van der Waals surface area contributed by atoms with Crippen molar-refractivity contribution >= 4 is 31.9 Å². The van der Waals surface area contributed by atoms with Crippen molar-refractivity contribution in [3.8, 4) is 0 Å². The Morgan fingerprint density at radius 1 is 1.25 bits per heavy atom. The lowest BCUT2D eigenvalue weighted by Gasteiger charge is -2.24. The van der Waals surface area contributed by atoms with Crippen molar-refractivity contribution in [1.82, 2.24) is 0 Å². The first-order chi connectivity index (χ1) is 9.16. The summed E-state index contributed by atoms with van der Waals surface area (Å²) in [5, 5.41) is 9.22. The van der Waals surface area contributed by atoms with E-state index in [1.807, 2.05) is 0 Å². The minimum absolute atomic E-state index is 0.115. The highest BCUT2D eigenvalue weighted by Crippen LogP contribution is 2.37. The van der Waals surface area contributed by atoms with Crippen LogP contribution in [0.3, 0.4) is 0 Å². The Morgan fingerprint density at radius 3 is 2.25 bits per heavy atom. The van der Waals surface area contributed by atoms with Gasteiger partial charge in [-0.3, -0.25) is 0 Å². The van der Waals surface area contributed by atoms with Crippen LogP contribution in [-0.4, -0.2) is 15.4 Å². The highest BCUT2D eigenvalue weighted by molar-refractivity contribution is 9.24. The normalized spacial score (nSPS) is 15.4. The summed E-state index contributed by atoms with van der Waals surface area (Å²) in [6.07, 6.45) is -4.12. The van der Waals surface area contributed by atoms with Crippen LogP contribution < -0.4 is 0 Å². The minimum atomic E-state index is -4.56. The number of hydrogen-bond acceptors (Lipinski definition) is 1. The predicted molar refractivity (Wildman–Crippen MR) is 76.7 cm³/mol. The van der Waals surface area contributed by atoms with Crippen LogP contribution in [0.15, 0.2) is 18.2 Å². The van der Waals surface area contributed by atoms with Crippen LogP contribution in [0.1, 0.15) is 30.4 Å². The molecule has 1 aromatic carbocycles. The highest BCUT2D eigenvalue weighted by Gasteiger charge is 2.32. The van der Waals surface area contributed by atoms with E-state index in [1.165, 1.54) is 0 Å². The molecule has 1 aromatic rings. The summed E-state index contributed by atoms with van der Waals surface area (Å²) in [6, 6.07) is 2.52. The van der Waals surface area contributed by atoms with Crippen molar-refractivity contribution in [3.63, 3.8) is 0 Å². The van der Waals surface area contributed by atoms with Gasteiger partial charge in [-0.25, -0.2) is 4.39 Å². The zero-order chi connectivity index (χ0) is 15.5. The first kappa shape index (κ1) is 17.9. The second-order valence-corrected chi connectivity index (χ2v) is 8.07. The fraction of sp³-hybridized carbons (Fsp3) is 0.538. The topological polar surface area (TPSA) is 20.2 Å². The molecule has 0 fully saturated rings. The summed E-state index contributed by atoms with van der Waals surface area (Å²) in [5.74, 6) is -1.55. The van der Waals surface area contributed by atoms with E-state index in [9.17, 15) is 22.7 Å². The number of hydrogen-bond donors (Lipinski definition) is 1. The Labute approximate surface area is 131 Å². The fourth-order valence-corrected chi connectivity index (χ4v) is 2.79. The number of benzene rings is 1. The van der Waals surface area contributed by atoms with E-state index in [1.54, 1.807) is 6.92 Å². The molecule has 0 saturated carbocycles. The van der Waals surface area contributed by atoms with E-state index >= 15 is 0 Å². The first-order valence-corrected chi connectivity index (χ1v) is 7.75. The van der Waals surface area contributed by atoms with Gasteiger partial charge in [-0.2, -0.15) is 13.2 Å². The molecule has 0 bridgehead atoms. The average molecular weight is 422 g/mol. The third kappa shape index (κ3) is 4.70. The maximum absolute atomic E-state index is 14.0. The summed E-state index contributed by atoms with van der Waals surface area (Å²) in [6.45, 7) is 1.56. The number of aliphatic hydroxyl groups excluding tert-OH is 1. The van der Waals surface area contributed by atoms with Gasteiger partial charge in [0.2, 0.25) is 0 Å². The van der Waals surface area contributed by atoms with Crippen molar-refractivity contribution in [2.75, 3.05) is 6.61 Å². The van der Waals surface area contributed by atoms with Crippen molar-refractivity contribution in [2.45, 2.75) is 29.2 Å². The summed E-state index contributed by atoms with van der Waals surface area (Å²) < 4.78 is 51.4. The molecule has 2 unspecified atom stereocenters. The third-order valence-electron chi connectivity index (χ3n) is 3.13. The van der Waals surface area contributed by atoms with Crippen molar-refractivity contribution in [1.29, 1.82) is 0 Å². The van der Waals surface area contributed by atoms with Crippen molar-refractivity contribution in [2.24, 2.45) is 5.92 Å². The molecule has 20 heavy (non-hydrogen) atoms. The Hall–Kier alpha value is -0.140. The molecule has 0 aliphatic heterocycles. The predicted octanol–water partition coefficient (Wildman–Crippen LogP) is 5.06. The Balaban J connectivity index is 3.15. The van der Waals surface area contributed by atoms with Gasteiger partial charge < -0.3 is 5.11 Å². The standard InChI is InChI=1S/C13H14Br2F4O/c1-7(6-20)10(5-12(14)15)9-3-2-8(4-11(9)16)13(17,18)19/h2-4,7,10,12,20H,5-6H2,1H3. The molecule has 0 aliphatic carbocycles. The summed E-state index contributed by atoms with van der Waals surface area (Å²) in [5.41, 5.74) is -0.827. The quantitative estimate of drug-likeness (QED) is 0.520. The SMILES string of the molecule is CC(CO)C(CC(Br)Br)c1ccc(C(F)(F)F)cc1F. The van der Waals surface area contributed by atoms with Gasteiger partial charge in [-0.05, 0) is 36.0 Å². The second kappa shape index (κ2) is 7.22. The summed E-state index contributed by atoms with van der Waals surface area (Å²) in [4.78, 5) is 0. The maximum Gasteiger partial charge on any atom is 0.416 e. The van der Waals surface area contributed by atoms with E-state index in [0.29, 0.717) is 12.5 Å². The van der Waals surface area contributed by atoms with E-state index in [-0.39, 0.29) is 27.7 Å². The molecule has 1 rings (SSSR count). The van der Waals surface area contributed by atoms with Crippen molar-refractivity contribution < 1.29 is 22.7 Å². The first-order valence-electron chi connectivity index (χ1n) is 5.92. The van der Waals surface area contributed by atoms with Gasteiger partial charge >= 0.3 is 6.18 Å². The maximum atomic E-state index is 14.0. The van der Waals surface area contributed by atoms with E-state index in [2.05, 4.69) is 31.9 Å². The van der Waals surface area contributed by atoms with Crippen LogP contribution in [0.2, 0.25) is 0 Å². The molecule has 7 heteroatoms.